The predicted molar refractivity (Wildman–Crippen MR) is 61.5 cm³/mol. The van der Waals surface area contributed by atoms with E-state index in [4.69, 9.17) is 11.6 Å². The Morgan fingerprint density at radius 2 is 2.19 bits per heavy atom. The average Bonchev–Trinajstić information content (AvgIpc) is 2.61. The van der Waals surface area contributed by atoms with Gasteiger partial charge in [-0.05, 0) is 30.8 Å². The van der Waals surface area contributed by atoms with Crippen LogP contribution in [-0.4, -0.2) is 26.7 Å². The second-order valence-corrected chi connectivity index (χ2v) is 4.50. The number of aromatic nitrogens is 3. The van der Waals surface area contributed by atoms with Gasteiger partial charge in [0, 0.05) is 11.6 Å². The number of benzene rings is 1. The summed E-state index contributed by atoms with van der Waals surface area (Å²) < 4.78 is 2.02. The Hall–Kier alpha value is -1.39. The Morgan fingerprint density at radius 3 is 3.06 bits per heavy atom. The van der Waals surface area contributed by atoms with E-state index in [2.05, 4.69) is 22.1 Å². The van der Waals surface area contributed by atoms with Gasteiger partial charge < -0.3 is 0 Å². The van der Waals surface area contributed by atoms with Crippen molar-refractivity contribution in [3.63, 3.8) is 0 Å². The Labute approximate surface area is 98.5 Å². The first kappa shape index (κ1) is 9.81. The van der Waals surface area contributed by atoms with Crippen molar-refractivity contribution < 1.29 is 0 Å². The maximum Gasteiger partial charge on any atom is 0.151 e. The Balaban J connectivity index is 2.24. The Morgan fingerprint density at radius 1 is 1.31 bits per heavy atom. The lowest BCUT2D eigenvalue weighted by molar-refractivity contribution is 0.315. The van der Waals surface area contributed by atoms with Gasteiger partial charge in [0.1, 0.15) is 6.33 Å². The maximum absolute atomic E-state index is 6.02. The van der Waals surface area contributed by atoms with Crippen LogP contribution in [0.2, 0.25) is 5.02 Å². The topological polar surface area (TPSA) is 34.0 Å². The van der Waals surface area contributed by atoms with Gasteiger partial charge in [-0.2, -0.15) is 0 Å². The second-order valence-electron chi connectivity index (χ2n) is 4.06. The molecule has 0 atom stereocenters. The molecular formula is C11H11ClN4. The van der Waals surface area contributed by atoms with Crippen LogP contribution in [0.1, 0.15) is 11.4 Å². The summed E-state index contributed by atoms with van der Waals surface area (Å²) in [4.78, 5) is 2.20. The highest BCUT2D eigenvalue weighted by Gasteiger charge is 2.17. The third kappa shape index (κ3) is 1.50. The van der Waals surface area contributed by atoms with Crippen LogP contribution in [0.15, 0.2) is 24.5 Å². The Kier molecular flexibility index (Phi) is 2.19. The first-order valence-corrected chi connectivity index (χ1v) is 5.48. The lowest BCUT2D eigenvalue weighted by atomic mass is 10.1. The molecule has 0 unspecified atom stereocenters. The van der Waals surface area contributed by atoms with Crippen LogP contribution < -0.4 is 0 Å². The van der Waals surface area contributed by atoms with E-state index in [1.165, 1.54) is 5.56 Å². The molecule has 16 heavy (non-hydrogen) atoms. The molecule has 0 saturated carbocycles. The van der Waals surface area contributed by atoms with E-state index in [0.29, 0.717) is 0 Å². The van der Waals surface area contributed by atoms with Crippen molar-refractivity contribution in [2.45, 2.75) is 13.1 Å². The van der Waals surface area contributed by atoms with Crippen molar-refractivity contribution in [2.75, 3.05) is 7.05 Å². The van der Waals surface area contributed by atoms with E-state index >= 15 is 0 Å². The van der Waals surface area contributed by atoms with Gasteiger partial charge in [0.05, 0.1) is 12.2 Å². The molecule has 1 aliphatic heterocycles. The van der Waals surface area contributed by atoms with Gasteiger partial charge >= 0.3 is 0 Å². The van der Waals surface area contributed by atoms with Crippen LogP contribution >= 0.6 is 11.6 Å². The lowest BCUT2D eigenvalue weighted by Crippen LogP contribution is -2.16. The average molecular weight is 235 g/mol. The number of hydrogen-bond donors (Lipinski definition) is 0. The van der Waals surface area contributed by atoms with Gasteiger partial charge in [0.15, 0.2) is 5.82 Å². The standard InChI is InChI=1S/C11H11ClN4/c1-15-5-8-4-9(12)2-3-10(8)16-7-13-14-11(16)6-15/h2-4,7H,5-6H2,1H3. The summed E-state index contributed by atoms with van der Waals surface area (Å²) >= 11 is 6.02. The van der Waals surface area contributed by atoms with Crippen LogP contribution in [0.4, 0.5) is 0 Å². The summed E-state index contributed by atoms with van der Waals surface area (Å²) in [6.45, 7) is 1.67. The number of hydrogen-bond acceptors (Lipinski definition) is 3. The molecule has 5 heteroatoms. The SMILES string of the molecule is CN1Cc2cc(Cl)ccc2-n2cnnc2C1. The molecule has 0 radical (unpaired) electrons. The summed E-state index contributed by atoms with van der Waals surface area (Å²) in [7, 11) is 2.06. The number of halogens is 1. The highest BCUT2D eigenvalue weighted by molar-refractivity contribution is 6.30. The van der Waals surface area contributed by atoms with Crippen LogP contribution in [0, 0.1) is 0 Å². The zero-order valence-corrected chi connectivity index (χ0v) is 9.65. The molecule has 1 aliphatic rings. The third-order valence-electron chi connectivity index (χ3n) is 2.77. The van der Waals surface area contributed by atoms with Gasteiger partial charge in [0.25, 0.3) is 0 Å². The van der Waals surface area contributed by atoms with Crippen molar-refractivity contribution in [3.05, 3.63) is 40.9 Å². The molecule has 0 amide bonds. The molecule has 0 fully saturated rings. The normalized spacial score (nSPS) is 15.4. The minimum Gasteiger partial charge on any atom is -0.295 e. The van der Waals surface area contributed by atoms with E-state index in [9.17, 15) is 0 Å². The lowest BCUT2D eigenvalue weighted by Gasteiger charge is -2.12. The quantitative estimate of drug-likeness (QED) is 0.698. The Bertz CT molecular complexity index is 535. The van der Waals surface area contributed by atoms with Crippen molar-refractivity contribution in [2.24, 2.45) is 0 Å². The fourth-order valence-electron chi connectivity index (χ4n) is 2.07. The summed E-state index contributed by atoms with van der Waals surface area (Å²) in [5.74, 6) is 0.962. The zero-order valence-electron chi connectivity index (χ0n) is 8.89. The second kappa shape index (κ2) is 3.57. The summed E-state index contributed by atoms with van der Waals surface area (Å²) in [5.41, 5.74) is 2.32. The van der Waals surface area contributed by atoms with E-state index in [1.54, 1.807) is 6.33 Å². The van der Waals surface area contributed by atoms with Crippen molar-refractivity contribution in [1.29, 1.82) is 0 Å². The maximum atomic E-state index is 6.02. The molecule has 0 saturated heterocycles. The number of rotatable bonds is 0. The van der Waals surface area contributed by atoms with Gasteiger partial charge in [-0.1, -0.05) is 11.6 Å². The monoisotopic (exact) mass is 234 g/mol. The first-order valence-electron chi connectivity index (χ1n) is 5.10. The zero-order chi connectivity index (χ0) is 11.1. The minimum atomic E-state index is 0.767. The van der Waals surface area contributed by atoms with Crippen LogP contribution in [0.25, 0.3) is 5.69 Å². The number of nitrogens with zero attached hydrogens (tertiary/aromatic N) is 4. The first-order chi connectivity index (χ1) is 7.74. The molecule has 2 aromatic rings. The molecule has 2 heterocycles. The fraction of sp³-hybridized carbons (Fsp3) is 0.273. The van der Waals surface area contributed by atoms with Gasteiger partial charge in [-0.15, -0.1) is 10.2 Å². The van der Waals surface area contributed by atoms with Crippen molar-refractivity contribution in [1.82, 2.24) is 19.7 Å². The van der Waals surface area contributed by atoms with E-state index < -0.39 is 0 Å². The summed E-state index contributed by atoms with van der Waals surface area (Å²) in [5, 5.41) is 8.85. The molecule has 0 N–H and O–H groups in total. The molecule has 0 aliphatic carbocycles. The van der Waals surface area contributed by atoms with Crippen molar-refractivity contribution >= 4 is 11.6 Å². The molecular weight excluding hydrogens is 224 g/mol. The summed E-state index contributed by atoms with van der Waals surface area (Å²) in [6, 6.07) is 5.92. The molecule has 1 aromatic heterocycles. The minimum absolute atomic E-state index is 0.767. The molecule has 82 valence electrons. The highest BCUT2D eigenvalue weighted by atomic mass is 35.5. The predicted octanol–water partition coefficient (Wildman–Crippen LogP) is 1.87. The van der Waals surface area contributed by atoms with E-state index in [1.807, 2.05) is 22.8 Å². The highest BCUT2D eigenvalue weighted by Crippen LogP contribution is 2.25. The van der Waals surface area contributed by atoms with Crippen LogP contribution in [0.3, 0.4) is 0 Å². The van der Waals surface area contributed by atoms with Gasteiger partial charge in [0.2, 0.25) is 0 Å². The van der Waals surface area contributed by atoms with Gasteiger partial charge in [-0.3, -0.25) is 9.47 Å². The molecule has 3 rings (SSSR count). The summed E-state index contributed by atoms with van der Waals surface area (Å²) in [6.07, 6.45) is 1.75. The van der Waals surface area contributed by atoms with Crippen LogP contribution in [-0.2, 0) is 13.1 Å². The van der Waals surface area contributed by atoms with E-state index in [0.717, 1.165) is 29.6 Å². The van der Waals surface area contributed by atoms with Gasteiger partial charge in [-0.25, -0.2) is 0 Å². The number of fused-ring (bicyclic) bond motifs is 3. The smallest absolute Gasteiger partial charge is 0.151 e. The third-order valence-corrected chi connectivity index (χ3v) is 3.01. The molecule has 0 spiro atoms. The van der Waals surface area contributed by atoms with Crippen molar-refractivity contribution in [3.8, 4) is 5.69 Å². The van der Waals surface area contributed by atoms with Crippen LogP contribution in [0.5, 0.6) is 0 Å². The molecule has 0 bridgehead atoms. The van der Waals surface area contributed by atoms with E-state index in [-0.39, 0.29) is 0 Å². The molecule has 1 aromatic carbocycles. The fourth-order valence-corrected chi connectivity index (χ4v) is 2.27. The largest absolute Gasteiger partial charge is 0.295 e. The molecule has 4 nitrogen and oxygen atoms in total.